The summed E-state index contributed by atoms with van der Waals surface area (Å²) in [6.07, 6.45) is 0. The van der Waals surface area contributed by atoms with Gasteiger partial charge in [0, 0.05) is 10.9 Å². The number of fused-ring (bicyclic) bond motifs is 1. The minimum atomic E-state index is -4.91. The van der Waals surface area contributed by atoms with Crippen LogP contribution in [0.4, 0.5) is 11.6 Å². The molecule has 0 saturated carbocycles. The second-order valence-corrected chi connectivity index (χ2v) is 9.28. The molecule has 0 saturated heterocycles. The second-order valence-electron chi connectivity index (χ2n) is 6.47. The Morgan fingerprint density at radius 1 is 0.844 bits per heavy atom. The van der Waals surface area contributed by atoms with Gasteiger partial charge in [0.25, 0.3) is 26.2 Å². The van der Waals surface area contributed by atoms with E-state index in [-0.39, 0.29) is 22.4 Å². The second kappa shape index (κ2) is 7.76. The molecule has 0 aliphatic carbocycles. The van der Waals surface area contributed by atoms with Crippen LogP contribution in [0.25, 0.3) is 22.2 Å². The molecule has 0 spiro atoms. The molecular formula is C18H13N5O7S2. The molecule has 14 heteroatoms. The molecule has 0 bridgehead atoms. The number of H-pyrrole nitrogens is 1. The number of hydrogen-bond acceptors (Lipinski definition) is 9. The van der Waals surface area contributed by atoms with E-state index in [0.717, 1.165) is 23.8 Å². The van der Waals surface area contributed by atoms with Gasteiger partial charge in [-0.25, -0.2) is 0 Å². The Morgan fingerprint density at radius 2 is 1.56 bits per heavy atom. The van der Waals surface area contributed by atoms with E-state index in [1.165, 1.54) is 6.07 Å². The lowest BCUT2D eigenvalue weighted by Gasteiger charge is -2.09. The van der Waals surface area contributed by atoms with E-state index in [1.807, 2.05) is 6.07 Å². The van der Waals surface area contributed by atoms with Gasteiger partial charge in [0.15, 0.2) is 11.6 Å². The summed E-state index contributed by atoms with van der Waals surface area (Å²) in [5.41, 5.74) is 0.343. The fourth-order valence-electron chi connectivity index (χ4n) is 2.91. The van der Waals surface area contributed by atoms with Gasteiger partial charge < -0.3 is 10.1 Å². The number of benzene rings is 3. The highest BCUT2D eigenvalue weighted by Gasteiger charge is 2.23. The van der Waals surface area contributed by atoms with Gasteiger partial charge >= 0.3 is 0 Å². The van der Waals surface area contributed by atoms with Crippen LogP contribution in [-0.4, -0.2) is 46.2 Å². The first-order chi connectivity index (χ1) is 15.0. The molecule has 1 heterocycles. The average Bonchev–Trinajstić information content (AvgIpc) is 3.20. The number of phenolic OH excluding ortho intramolecular Hbond substituents is 1. The molecule has 12 nitrogen and oxygen atoms in total. The SMILES string of the molecule is O=S(=O)(O)c1ccc2c(N=Nc3nnc(-c4ccccc4)[nH]3)c(O)c(S(=O)(=O)O)cc2c1. The van der Waals surface area contributed by atoms with Gasteiger partial charge in [0.05, 0.1) is 4.90 Å². The van der Waals surface area contributed by atoms with Crippen molar-refractivity contribution in [3.8, 4) is 17.1 Å². The lowest BCUT2D eigenvalue weighted by Crippen LogP contribution is -2.00. The van der Waals surface area contributed by atoms with Crippen molar-refractivity contribution in [3.05, 3.63) is 54.6 Å². The standard InChI is InChI=1S/C18H13N5O7S2/c24-16-14(32(28,29)30)9-11-8-12(31(25,26)27)6-7-13(11)15(16)20-22-18-19-17(21-23-18)10-4-2-1-3-5-10/h1-9,24H,(H,19,21,23)(H,25,26,27)(H,28,29,30). The summed E-state index contributed by atoms with van der Waals surface area (Å²) in [7, 11) is -9.51. The molecule has 0 atom stereocenters. The molecule has 0 radical (unpaired) electrons. The zero-order chi connectivity index (χ0) is 23.1. The fraction of sp³-hybridized carbons (Fsp3) is 0. The summed E-state index contributed by atoms with van der Waals surface area (Å²) in [5.74, 6) is -0.590. The number of nitrogens with one attached hydrogen (secondary N) is 1. The van der Waals surface area contributed by atoms with Crippen molar-refractivity contribution in [1.82, 2.24) is 15.2 Å². The largest absolute Gasteiger partial charge is 0.504 e. The Labute approximate surface area is 180 Å². The normalized spacial score (nSPS) is 12.6. The van der Waals surface area contributed by atoms with Crippen molar-refractivity contribution in [2.24, 2.45) is 10.2 Å². The average molecular weight is 475 g/mol. The Kier molecular flexibility index (Phi) is 5.21. The number of azo groups is 1. The van der Waals surface area contributed by atoms with Crippen LogP contribution in [0, 0.1) is 0 Å². The topological polar surface area (TPSA) is 195 Å². The zero-order valence-electron chi connectivity index (χ0n) is 15.8. The maximum absolute atomic E-state index is 11.7. The molecule has 164 valence electrons. The van der Waals surface area contributed by atoms with E-state index < -0.39 is 35.8 Å². The Hall–Kier alpha value is -3.72. The van der Waals surface area contributed by atoms with Crippen LogP contribution < -0.4 is 0 Å². The molecule has 4 N–H and O–H groups in total. The first-order valence-corrected chi connectivity index (χ1v) is 11.6. The van der Waals surface area contributed by atoms with E-state index >= 15 is 0 Å². The number of hydrogen-bond donors (Lipinski definition) is 4. The molecule has 4 rings (SSSR count). The van der Waals surface area contributed by atoms with E-state index in [2.05, 4.69) is 25.4 Å². The summed E-state index contributed by atoms with van der Waals surface area (Å²) in [6, 6.07) is 13.0. The highest BCUT2D eigenvalue weighted by molar-refractivity contribution is 7.86. The van der Waals surface area contributed by atoms with Crippen molar-refractivity contribution in [2.45, 2.75) is 9.79 Å². The Bertz CT molecular complexity index is 1580. The van der Waals surface area contributed by atoms with Crippen LogP contribution in [0.2, 0.25) is 0 Å². The van der Waals surface area contributed by atoms with Crippen molar-refractivity contribution < 1.29 is 31.0 Å². The van der Waals surface area contributed by atoms with Crippen molar-refractivity contribution in [2.75, 3.05) is 0 Å². The Balaban J connectivity index is 1.86. The van der Waals surface area contributed by atoms with Gasteiger partial charge in [-0.05, 0) is 23.6 Å². The molecule has 0 aliphatic rings. The van der Waals surface area contributed by atoms with Crippen LogP contribution in [-0.2, 0) is 20.2 Å². The van der Waals surface area contributed by atoms with Crippen LogP contribution in [0.15, 0.2) is 74.6 Å². The maximum Gasteiger partial charge on any atom is 0.298 e. The predicted molar refractivity (Wildman–Crippen MR) is 111 cm³/mol. The van der Waals surface area contributed by atoms with Gasteiger partial charge in [-0.2, -0.15) is 16.8 Å². The number of phenols is 1. The van der Waals surface area contributed by atoms with Gasteiger partial charge in [0.1, 0.15) is 10.6 Å². The maximum atomic E-state index is 11.7. The summed E-state index contributed by atoms with van der Waals surface area (Å²) in [5, 5.41) is 25.8. The van der Waals surface area contributed by atoms with Gasteiger partial charge in [0.2, 0.25) is 0 Å². The third-order valence-corrected chi connectivity index (χ3v) is 6.08. The zero-order valence-corrected chi connectivity index (χ0v) is 17.4. The molecule has 32 heavy (non-hydrogen) atoms. The first-order valence-electron chi connectivity index (χ1n) is 8.68. The monoisotopic (exact) mass is 475 g/mol. The van der Waals surface area contributed by atoms with Crippen molar-refractivity contribution in [1.29, 1.82) is 0 Å². The van der Waals surface area contributed by atoms with E-state index in [4.69, 9.17) is 0 Å². The predicted octanol–water partition coefficient (Wildman–Crippen LogP) is 3.24. The molecule has 0 amide bonds. The van der Waals surface area contributed by atoms with Gasteiger partial charge in [-0.1, -0.05) is 36.4 Å². The highest BCUT2D eigenvalue weighted by atomic mass is 32.2. The van der Waals surface area contributed by atoms with Crippen molar-refractivity contribution in [3.63, 3.8) is 0 Å². The van der Waals surface area contributed by atoms with Gasteiger partial charge in [-0.3, -0.25) is 9.11 Å². The van der Waals surface area contributed by atoms with E-state index in [0.29, 0.717) is 5.82 Å². The summed E-state index contributed by atoms with van der Waals surface area (Å²) < 4.78 is 64.9. The number of aromatic amines is 1. The summed E-state index contributed by atoms with van der Waals surface area (Å²) >= 11 is 0. The molecule has 0 aliphatic heterocycles. The number of aromatic hydroxyl groups is 1. The van der Waals surface area contributed by atoms with Crippen LogP contribution >= 0.6 is 0 Å². The molecule has 0 unspecified atom stereocenters. The lowest BCUT2D eigenvalue weighted by atomic mass is 10.1. The van der Waals surface area contributed by atoms with Crippen molar-refractivity contribution >= 4 is 42.6 Å². The number of aromatic nitrogens is 3. The lowest BCUT2D eigenvalue weighted by molar-refractivity contribution is 0.445. The summed E-state index contributed by atoms with van der Waals surface area (Å²) in [4.78, 5) is 1.35. The minimum absolute atomic E-state index is 0.0537. The third kappa shape index (κ3) is 4.19. The van der Waals surface area contributed by atoms with Gasteiger partial charge in [-0.15, -0.1) is 20.4 Å². The van der Waals surface area contributed by atoms with Crippen LogP contribution in [0.5, 0.6) is 5.75 Å². The van der Waals surface area contributed by atoms with Crippen LogP contribution in [0.3, 0.4) is 0 Å². The smallest absolute Gasteiger partial charge is 0.298 e. The number of nitrogens with zero attached hydrogens (tertiary/aromatic N) is 4. The summed E-state index contributed by atoms with van der Waals surface area (Å²) in [6.45, 7) is 0. The molecule has 3 aromatic carbocycles. The molecule has 4 aromatic rings. The molecule has 1 aromatic heterocycles. The van der Waals surface area contributed by atoms with E-state index in [9.17, 15) is 31.0 Å². The molecule has 0 fully saturated rings. The Morgan fingerprint density at radius 3 is 2.22 bits per heavy atom. The fourth-order valence-corrected chi connectivity index (χ4v) is 4.04. The molecular weight excluding hydrogens is 462 g/mol. The quantitative estimate of drug-likeness (QED) is 0.247. The van der Waals surface area contributed by atoms with E-state index in [1.54, 1.807) is 24.3 Å². The highest BCUT2D eigenvalue weighted by Crippen LogP contribution is 2.41. The minimum Gasteiger partial charge on any atom is -0.504 e. The van der Waals surface area contributed by atoms with Crippen LogP contribution in [0.1, 0.15) is 0 Å². The first kappa shape index (κ1) is 21.5. The third-order valence-electron chi connectivity index (χ3n) is 4.37. The number of rotatable bonds is 5.